The lowest BCUT2D eigenvalue weighted by Crippen LogP contribution is -2.25. The van der Waals surface area contributed by atoms with Crippen molar-refractivity contribution in [2.45, 2.75) is 18.8 Å². The molecule has 1 aromatic heterocycles. The van der Waals surface area contributed by atoms with Crippen molar-refractivity contribution in [2.75, 3.05) is 19.7 Å². The molecule has 1 aliphatic carbocycles. The van der Waals surface area contributed by atoms with Crippen LogP contribution < -0.4 is 0 Å². The highest BCUT2D eigenvalue weighted by Gasteiger charge is 2.33. The van der Waals surface area contributed by atoms with E-state index in [1.807, 2.05) is 12.4 Å². The van der Waals surface area contributed by atoms with Crippen LogP contribution in [0.1, 0.15) is 24.3 Å². The van der Waals surface area contributed by atoms with E-state index in [2.05, 4.69) is 35.7 Å². The first-order chi connectivity index (χ1) is 7.85. The van der Waals surface area contributed by atoms with Gasteiger partial charge in [-0.3, -0.25) is 5.10 Å². The number of aromatic nitrogens is 2. The number of nitrogens with zero attached hydrogens (tertiary/aromatic N) is 2. The second-order valence-electron chi connectivity index (χ2n) is 4.16. The van der Waals surface area contributed by atoms with Gasteiger partial charge >= 0.3 is 0 Å². The van der Waals surface area contributed by atoms with Crippen molar-refractivity contribution in [3.63, 3.8) is 0 Å². The third-order valence-corrected chi connectivity index (χ3v) is 5.18. The Kier molecular flexibility index (Phi) is 4.93. The number of rotatable bonds is 7. The molecule has 0 bridgehead atoms. The smallest absolute Gasteiger partial charge is 0.0568 e. The van der Waals surface area contributed by atoms with E-state index in [4.69, 9.17) is 5.11 Å². The van der Waals surface area contributed by atoms with Crippen molar-refractivity contribution in [1.82, 2.24) is 14.5 Å². The average Bonchev–Trinajstić information content (AvgIpc) is 2.99. The largest absolute Gasteiger partial charge is 0.395 e. The van der Waals surface area contributed by atoms with Crippen LogP contribution in [0.3, 0.4) is 0 Å². The van der Waals surface area contributed by atoms with Crippen LogP contribution >= 0.6 is 30.3 Å². The van der Waals surface area contributed by atoms with Crippen LogP contribution in [0.2, 0.25) is 0 Å². The summed E-state index contributed by atoms with van der Waals surface area (Å²) in [5.41, 5.74) is 1.30. The Morgan fingerprint density at radius 3 is 3.00 bits per heavy atom. The van der Waals surface area contributed by atoms with E-state index in [1.165, 1.54) is 18.4 Å². The molecule has 1 fully saturated rings. The van der Waals surface area contributed by atoms with Gasteiger partial charge in [0.25, 0.3) is 0 Å². The van der Waals surface area contributed by atoms with E-state index in [0.717, 1.165) is 19.0 Å². The lowest BCUT2D eigenvalue weighted by molar-refractivity contribution is 0.256. The van der Waals surface area contributed by atoms with E-state index < -0.39 is 0 Å². The number of hydrogen-bond acceptors (Lipinski definition) is 4. The summed E-state index contributed by atoms with van der Waals surface area (Å²) in [6, 6.07) is 0. The number of nitrogens with one attached hydrogen (secondary N) is 1. The molecule has 0 saturated heterocycles. The summed E-state index contributed by atoms with van der Waals surface area (Å²) >= 11 is 2.28. The highest BCUT2D eigenvalue weighted by atomic mass is 127. The number of aromatic amines is 1. The second kappa shape index (κ2) is 6.23. The molecule has 6 heteroatoms. The molecule has 1 aliphatic rings. The van der Waals surface area contributed by atoms with Crippen molar-refractivity contribution in [3.05, 3.63) is 18.0 Å². The number of hydrogen-bond donors (Lipinski definition) is 2. The first kappa shape index (κ1) is 12.7. The van der Waals surface area contributed by atoms with Gasteiger partial charge in [0.15, 0.2) is 0 Å². The molecule has 4 nitrogen and oxygen atoms in total. The van der Waals surface area contributed by atoms with Crippen LogP contribution in [-0.4, -0.2) is 39.3 Å². The molecule has 0 amide bonds. The van der Waals surface area contributed by atoms with E-state index >= 15 is 0 Å². The first-order valence-corrected chi connectivity index (χ1v) is 8.80. The summed E-state index contributed by atoms with van der Waals surface area (Å²) in [5, 5.41) is 15.9. The molecule has 0 radical (unpaired) electrons. The lowest BCUT2D eigenvalue weighted by atomic mass is 9.97. The minimum atomic E-state index is 0.221. The third kappa shape index (κ3) is 3.35. The van der Waals surface area contributed by atoms with Crippen molar-refractivity contribution >= 4 is 30.3 Å². The normalized spacial score (nSPS) is 17.9. The average molecular weight is 353 g/mol. The molecule has 2 N–H and O–H groups in total. The Morgan fingerprint density at radius 1 is 1.69 bits per heavy atom. The molecule has 1 atom stereocenters. The Labute approximate surface area is 112 Å². The maximum atomic E-state index is 8.99. The van der Waals surface area contributed by atoms with Gasteiger partial charge in [0.1, 0.15) is 0 Å². The molecule has 1 unspecified atom stereocenters. The fourth-order valence-electron chi connectivity index (χ4n) is 1.97. The summed E-state index contributed by atoms with van der Waals surface area (Å²) in [4.78, 5) is 0. The minimum absolute atomic E-state index is 0.221. The molecular weight excluding hydrogens is 337 g/mol. The standard InChI is InChI=1S/C10H16IN3OS/c11-16-14(3-4-15)7-10(8-1-2-8)9-5-12-13-6-9/h5-6,8,10,15H,1-4,7H2,(H,12,13). The van der Waals surface area contributed by atoms with Gasteiger partial charge in [-0.15, -0.1) is 0 Å². The molecule has 90 valence electrons. The van der Waals surface area contributed by atoms with Gasteiger partial charge in [-0.25, -0.2) is 4.31 Å². The van der Waals surface area contributed by atoms with Gasteiger partial charge in [-0.1, -0.05) is 0 Å². The van der Waals surface area contributed by atoms with Crippen LogP contribution in [0.15, 0.2) is 12.4 Å². The zero-order valence-electron chi connectivity index (χ0n) is 8.97. The summed E-state index contributed by atoms with van der Waals surface area (Å²) in [5.74, 6) is 1.37. The minimum Gasteiger partial charge on any atom is -0.395 e. The lowest BCUT2D eigenvalue weighted by Gasteiger charge is -2.23. The highest BCUT2D eigenvalue weighted by molar-refractivity contribution is 14.2. The predicted molar refractivity (Wildman–Crippen MR) is 74.3 cm³/mol. The SMILES string of the molecule is OCCN(CC(c1cn[nH]c1)C1CC1)SI. The van der Waals surface area contributed by atoms with Crippen LogP contribution in [0.5, 0.6) is 0 Å². The molecule has 0 aromatic carbocycles. The van der Waals surface area contributed by atoms with Gasteiger partial charge in [0, 0.05) is 46.4 Å². The maximum absolute atomic E-state index is 8.99. The summed E-state index contributed by atoms with van der Waals surface area (Å²) in [7, 11) is 1.68. The topological polar surface area (TPSA) is 52.1 Å². The third-order valence-electron chi connectivity index (χ3n) is 2.99. The van der Waals surface area contributed by atoms with Gasteiger partial charge in [0.05, 0.1) is 12.8 Å². The molecular formula is C10H16IN3OS. The molecule has 1 aromatic rings. The zero-order valence-corrected chi connectivity index (χ0v) is 11.9. The van der Waals surface area contributed by atoms with Crippen molar-refractivity contribution in [3.8, 4) is 0 Å². The fourth-order valence-corrected chi connectivity index (χ4v) is 3.41. The van der Waals surface area contributed by atoms with Gasteiger partial charge in [0.2, 0.25) is 0 Å². The maximum Gasteiger partial charge on any atom is 0.0568 e. The zero-order chi connectivity index (χ0) is 11.4. The second-order valence-corrected chi connectivity index (χ2v) is 5.99. The molecule has 16 heavy (non-hydrogen) atoms. The molecule has 0 aliphatic heterocycles. The summed E-state index contributed by atoms with van der Waals surface area (Å²) in [6.45, 7) is 1.95. The van der Waals surface area contributed by atoms with Crippen LogP contribution in [0.4, 0.5) is 0 Å². The molecule has 0 spiro atoms. The Morgan fingerprint density at radius 2 is 2.50 bits per heavy atom. The number of aliphatic hydroxyl groups is 1. The van der Waals surface area contributed by atoms with E-state index in [1.54, 1.807) is 9.12 Å². The van der Waals surface area contributed by atoms with E-state index in [9.17, 15) is 0 Å². The monoisotopic (exact) mass is 353 g/mol. The van der Waals surface area contributed by atoms with Crippen LogP contribution in [-0.2, 0) is 0 Å². The first-order valence-electron chi connectivity index (χ1n) is 5.48. The van der Waals surface area contributed by atoms with E-state index in [0.29, 0.717) is 5.92 Å². The number of halogens is 1. The highest BCUT2D eigenvalue weighted by Crippen LogP contribution is 2.43. The van der Waals surface area contributed by atoms with Crippen LogP contribution in [0, 0.1) is 5.92 Å². The summed E-state index contributed by atoms with van der Waals surface area (Å²) in [6.07, 6.45) is 6.58. The van der Waals surface area contributed by atoms with Crippen molar-refractivity contribution < 1.29 is 5.11 Å². The van der Waals surface area contributed by atoms with Gasteiger partial charge < -0.3 is 5.11 Å². The molecule has 2 rings (SSSR count). The molecule has 1 saturated carbocycles. The van der Waals surface area contributed by atoms with Crippen LogP contribution in [0.25, 0.3) is 0 Å². The quantitative estimate of drug-likeness (QED) is 0.583. The fraction of sp³-hybridized carbons (Fsp3) is 0.700. The molecule has 1 heterocycles. The Bertz CT molecular complexity index is 305. The van der Waals surface area contributed by atoms with E-state index in [-0.39, 0.29) is 6.61 Å². The Balaban J connectivity index is 1.97. The number of aliphatic hydroxyl groups excluding tert-OH is 1. The Hall–Kier alpha value is 0.210. The number of H-pyrrole nitrogens is 1. The van der Waals surface area contributed by atoms with Gasteiger partial charge in [-0.2, -0.15) is 5.10 Å². The predicted octanol–water partition coefficient (Wildman–Crippen LogP) is 2.20. The summed E-state index contributed by atoms with van der Waals surface area (Å²) < 4.78 is 2.22. The van der Waals surface area contributed by atoms with Crippen molar-refractivity contribution in [1.29, 1.82) is 0 Å². The van der Waals surface area contributed by atoms with Gasteiger partial charge in [-0.05, 0) is 33.4 Å². The van der Waals surface area contributed by atoms with Crippen molar-refractivity contribution in [2.24, 2.45) is 5.92 Å².